The highest BCUT2D eigenvalue weighted by atomic mass is 35.5. The SMILES string of the molecule is CCCCCc1cc2c(c(O[Si](C)(C)CCl)c1)[C@@H]1C=C(C)CC[C@H]1C(C)(C)O2. The van der Waals surface area contributed by atoms with Crippen LogP contribution >= 0.6 is 11.6 Å². The van der Waals surface area contributed by atoms with Crippen LogP contribution in [0.1, 0.15) is 76.8 Å². The first kappa shape index (κ1) is 21.8. The van der Waals surface area contributed by atoms with E-state index < -0.39 is 8.32 Å². The summed E-state index contributed by atoms with van der Waals surface area (Å²) >= 11 is 6.27. The van der Waals surface area contributed by atoms with Crippen molar-refractivity contribution in [2.45, 2.75) is 90.8 Å². The van der Waals surface area contributed by atoms with Gasteiger partial charge in [0, 0.05) is 17.4 Å². The number of benzene rings is 1. The Kier molecular flexibility index (Phi) is 6.56. The maximum atomic E-state index is 6.65. The van der Waals surface area contributed by atoms with E-state index in [0.29, 0.717) is 17.3 Å². The van der Waals surface area contributed by atoms with Gasteiger partial charge in [-0.3, -0.25) is 0 Å². The van der Waals surface area contributed by atoms with Gasteiger partial charge in [-0.1, -0.05) is 31.4 Å². The van der Waals surface area contributed by atoms with Crippen molar-refractivity contribution in [3.63, 3.8) is 0 Å². The molecule has 2 aliphatic rings. The van der Waals surface area contributed by atoms with Crippen LogP contribution < -0.4 is 9.16 Å². The molecule has 1 aliphatic heterocycles. The molecule has 0 spiro atoms. The molecule has 1 heterocycles. The van der Waals surface area contributed by atoms with E-state index in [1.165, 1.54) is 42.4 Å². The summed E-state index contributed by atoms with van der Waals surface area (Å²) in [6.07, 6.45) is 9.58. The lowest BCUT2D eigenvalue weighted by Crippen LogP contribution is -2.46. The molecule has 1 aliphatic carbocycles. The van der Waals surface area contributed by atoms with E-state index in [-0.39, 0.29) is 5.60 Å². The lowest BCUT2D eigenvalue weighted by atomic mass is 9.68. The van der Waals surface area contributed by atoms with Crippen LogP contribution in [-0.2, 0) is 6.42 Å². The number of hydrogen-bond acceptors (Lipinski definition) is 2. The molecule has 0 radical (unpaired) electrons. The standard InChI is InChI=1S/C24H37ClO2Si/c1-7-8-9-10-18-14-21-23(22(15-18)27-28(5,6)16-25)19-13-17(2)11-12-20(19)24(3,4)26-21/h13-15,19-20H,7-12,16H2,1-6H3/t19-,20-/m1/s1. The van der Waals surface area contributed by atoms with E-state index in [2.05, 4.69) is 59.0 Å². The van der Waals surface area contributed by atoms with Gasteiger partial charge in [0.15, 0.2) is 0 Å². The first-order chi connectivity index (χ1) is 13.2. The summed E-state index contributed by atoms with van der Waals surface area (Å²) in [5.74, 6) is 2.91. The van der Waals surface area contributed by atoms with Crippen molar-refractivity contribution in [2.24, 2.45) is 5.92 Å². The lowest BCUT2D eigenvalue weighted by molar-refractivity contribution is 0.0110. The molecule has 0 unspecified atom stereocenters. The molecule has 28 heavy (non-hydrogen) atoms. The van der Waals surface area contributed by atoms with Crippen LogP contribution in [0.15, 0.2) is 23.8 Å². The summed E-state index contributed by atoms with van der Waals surface area (Å²) in [4.78, 5) is 0. The molecule has 2 nitrogen and oxygen atoms in total. The molecule has 0 amide bonds. The van der Waals surface area contributed by atoms with E-state index in [4.69, 9.17) is 20.8 Å². The van der Waals surface area contributed by atoms with Crippen molar-refractivity contribution in [3.8, 4) is 11.5 Å². The van der Waals surface area contributed by atoms with E-state index in [0.717, 1.165) is 24.3 Å². The molecule has 156 valence electrons. The average Bonchev–Trinajstić information content (AvgIpc) is 2.60. The quantitative estimate of drug-likeness (QED) is 0.198. The number of halogens is 1. The van der Waals surface area contributed by atoms with Gasteiger partial charge >= 0.3 is 0 Å². The van der Waals surface area contributed by atoms with Gasteiger partial charge in [-0.25, -0.2) is 0 Å². The maximum Gasteiger partial charge on any atom is 0.259 e. The van der Waals surface area contributed by atoms with Gasteiger partial charge in [0.1, 0.15) is 17.1 Å². The van der Waals surface area contributed by atoms with E-state index in [9.17, 15) is 0 Å². The normalized spacial score (nSPS) is 23.3. The Balaban J connectivity index is 2.09. The molecule has 2 atom stereocenters. The van der Waals surface area contributed by atoms with E-state index >= 15 is 0 Å². The zero-order chi connectivity index (χ0) is 20.5. The van der Waals surface area contributed by atoms with Crippen molar-refractivity contribution in [2.75, 3.05) is 5.50 Å². The lowest BCUT2D eigenvalue weighted by Gasteiger charge is -2.47. The van der Waals surface area contributed by atoms with E-state index in [1.807, 2.05) is 0 Å². The highest BCUT2D eigenvalue weighted by Crippen LogP contribution is 2.54. The third-order valence-corrected chi connectivity index (χ3v) is 9.63. The highest BCUT2D eigenvalue weighted by Gasteiger charge is 2.45. The number of rotatable bonds is 7. The first-order valence-corrected chi connectivity index (χ1v) is 14.6. The minimum atomic E-state index is -1.96. The van der Waals surface area contributed by atoms with Crippen molar-refractivity contribution in [1.82, 2.24) is 0 Å². The summed E-state index contributed by atoms with van der Waals surface area (Å²) in [5.41, 5.74) is 4.50. The Morgan fingerprint density at radius 1 is 1.25 bits per heavy atom. The Morgan fingerprint density at radius 2 is 2.00 bits per heavy atom. The number of ether oxygens (including phenoxy) is 1. The van der Waals surface area contributed by atoms with Crippen molar-refractivity contribution in [3.05, 3.63) is 34.9 Å². The highest BCUT2D eigenvalue weighted by molar-refractivity contribution is 6.78. The van der Waals surface area contributed by atoms with Crippen LogP contribution in [0.2, 0.25) is 13.1 Å². The average molecular weight is 421 g/mol. The van der Waals surface area contributed by atoms with Gasteiger partial charge in [0.2, 0.25) is 0 Å². The van der Waals surface area contributed by atoms with Crippen LogP contribution in [-0.4, -0.2) is 19.4 Å². The number of aryl methyl sites for hydroxylation is 1. The molecule has 0 fully saturated rings. The second kappa shape index (κ2) is 8.43. The molecular weight excluding hydrogens is 384 g/mol. The number of fused-ring (bicyclic) bond motifs is 3. The summed E-state index contributed by atoms with van der Waals surface area (Å²) in [5, 5.41) is 0. The van der Waals surface area contributed by atoms with Crippen molar-refractivity contribution >= 4 is 19.9 Å². The topological polar surface area (TPSA) is 18.5 Å². The summed E-state index contributed by atoms with van der Waals surface area (Å²) in [6, 6.07) is 4.56. The van der Waals surface area contributed by atoms with Crippen LogP contribution in [0.3, 0.4) is 0 Å². The molecule has 1 aromatic carbocycles. The smallest absolute Gasteiger partial charge is 0.259 e. The maximum absolute atomic E-state index is 6.65. The first-order valence-electron chi connectivity index (χ1n) is 10.9. The van der Waals surface area contributed by atoms with Crippen LogP contribution in [0, 0.1) is 5.92 Å². The second-order valence-corrected chi connectivity index (χ2v) is 14.6. The number of alkyl halides is 1. The molecular formula is C24H37ClO2Si. The summed E-state index contributed by atoms with van der Waals surface area (Å²) in [6.45, 7) is 13.4. The fourth-order valence-corrected chi connectivity index (χ4v) is 5.68. The Bertz CT molecular complexity index is 738. The Morgan fingerprint density at radius 3 is 2.68 bits per heavy atom. The molecule has 0 aromatic heterocycles. The minimum absolute atomic E-state index is 0.159. The van der Waals surface area contributed by atoms with Gasteiger partial charge in [0.25, 0.3) is 8.32 Å². The molecule has 0 N–H and O–H groups in total. The Labute approximate surface area is 177 Å². The van der Waals surface area contributed by atoms with Crippen LogP contribution in [0.4, 0.5) is 0 Å². The molecule has 3 rings (SSSR count). The third-order valence-electron chi connectivity index (χ3n) is 6.29. The zero-order valence-corrected chi connectivity index (χ0v) is 20.3. The second-order valence-electron chi connectivity index (χ2n) is 9.85. The van der Waals surface area contributed by atoms with Crippen molar-refractivity contribution < 1.29 is 9.16 Å². The predicted molar refractivity (Wildman–Crippen MR) is 122 cm³/mol. The third kappa shape index (κ3) is 4.62. The number of allylic oxidation sites excluding steroid dienone is 2. The number of unbranched alkanes of at least 4 members (excludes halogenated alkanes) is 2. The van der Waals surface area contributed by atoms with Gasteiger partial charge < -0.3 is 9.16 Å². The minimum Gasteiger partial charge on any atom is -0.543 e. The molecule has 0 saturated carbocycles. The van der Waals surface area contributed by atoms with Gasteiger partial charge in [-0.2, -0.15) is 0 Å². The fourth-order valence-electron chi connectivity index (χ4n) is 4.69. The monoisotopic (exact) mass is 420 g/mol. The summed E-state index contributed by atoms with van der Waals surface area (Å²) in [7, 11) is -1.96. The predicted octanol–water partition coefficient (Wildman–Crippen LogP) is 7.39. The summed E-state index contributed by atoms with van der Waals surface area (Å²) < 4.78 is 13.3. The van der Waals surface area contributed by atoms with E-state index in [1.54, 1.807) is 0 Å². The van der Waals surface area contributed by atoms with Gasteiger partial charge in [0.05, 0.1) is 5.50 Å². The molecule has 0 bridgehead atoms. The number of hydrogen-bond donors (Lipinski definition) is 0. The Hall–Kier alpha value is -0.933. The van der Waals surface area contributed by atoms with Crippen LogP contribution in [0.5, 0.6) is 11.5 Å². The van der Waals surface area contributed by atoms with Gasteiger partial charge in [-0.15, -0.1) is 11.6 Å². The zero-order valence-electron chi connectivity index (χ0n) is 18.5. The molecule has 4 heteroatoms. The molecule has 1 aromatic rings. The van der Waals surface area contributed by atoms with Gasteiger partial charge in [-0.05, 0) is 77.2 Å². The van der Waals surface area contributed by atoms with Crippen molar-refractivity contribution in [1.29, 1.82) is 0 Å². The fraction of sp³-hybridized carbons (Fsp3) is 0.667. The van der Waals surface area contributed by atoms with Crippen LogP contribution in [0.25, 0.3) is 0 Å². The largest absolute Gasteiger partial charge is 0.543 e. The molecule has 0 saturated heterocycles.